The Hall–Kier alpha value is -3.08. The van der Waals surface area contributed by atoms with Gasteiger partial charge >= 0.3 is 0 Å². The van der Waals surface area contributed by atoms with Crippen LogP contribution in [0.3, 0.4) is 0 Å². The number of hydrogen-bond acceptors (Lipinski definition) is 4. The highest BCUT2D eigenvalue weighted by Crippen LogP contribution is 2.37. The second kappa shape index (κ2) is 10.8. The maximum Gasteiger partial charge on any atom is 0.222 e. The number of allylic oxidation sites excluding steroid dienone is 1. The number of carbonyl (C=O) groups is 1. The zero-order valence-corrected chi connectivity index (χ0v) is 18.8. The van der Waals surface area contributed by atoms with E-state index in [1.807, 2.05) is 42.4 Å². The third-order valence-corrected chi connectivity index (χ3v) is 5.84. The average molecular weight is 417 g/mol. The van der Waals surface area contributed by atoms with Gasteiger partial charge in [-0.05, 0) is 49.6 Å². The molecule has 162 valence electrons. The van der Waals surface area contributed by atoms with Crippen LogP contribution < -0.4 is 0 Å². The molecule has 2 atom stereocenters. The Bertz CT molecular complexity index is 965. The third-order valence-electron chi connectivity index (χ3n) is 5.84. The summed E-state index contributed by atoms with van der Waals surface area (Å²) in [5.41, 5.74) is 5.22. The topological polar surface area (TPSA) is 57.9 Å². The molecule has 5 nitrogen and oxygen atoms in total. The van der Waals surface area contributed by atoms with Crippen molar-refractivity contribution in [2.45, 2.75) is 39.0 Å². The predicted octanol–water partition coefficient (Wildman–Crippen LogP) is 5.08. The van der Waals surface area contributed by atoms with Crippen molar-refractivity contribution < 1.29 is 4.79 Å². The van der Waals surface area contributed by atoms with E-state index in [0.29, 0.717) is 12.3 Å². The summed E-state index contributed by atoms with van der Waals surface area (Å²) in [5, 5.41) is 0. The van der Waals surface area contributed by atoms with Gasteiger partial charge in [-0.3, -0.25) is 19.8 Å². The van der Waals surface area contributed by atoms with Crippen molar-refractivity contribution in [3.05, 3.63) is 65.0 Å². The smallest absolute Gasteiger partial charge is 0.222 e. The molecular weight excluding hydrogens is 384 g/mol. The molecule has 0 N–H and O–H groups in total. The maximum absolute atomic E-state index is 13.0. The van der Waals surface area contributed by atoms with E-state index >= 15 is 0 Å². The van der Waals surface area contributed by atoms with Gasteiger partial charge < -0.3 is 4.90 Å². The molecule has 3 rings (SSSR count). The molecule has 0 bridgehead atoms. The molecule has 1 unspecified atom stereocenters. The van der Waals surface area contributed by atoms with Gasteiger partial charge in [0.25, 0.3) is 0 Å². The number of pyridine rings is 1. The van der Waals surface area contributed by atoms with Crippen molar-refractivity contribution in [2.24, 2.45) is 15.9 Å². The first-order chi connectivity index (χ1) is 15.1. The molecule has 31 heavy (non-hydrogen) atoms. The molecule has 1 aliphatic heterocycles. The van der Waals surface area contributed by atoms with Crippen molar-refractivity contribution in [3.63, 3.8) is 0 Å². The van der Waals surface area contributed by atoms with Crippen LogP contribution in [0.25, 0.3) is 6.08 Å². The summed E-state index contributed by atoms with van der Waals surface area (Å²) in [6, 6.07) is 8.17. The first-order valence-corrected chi connectivity index (χ1v) is 10.9. The van der Waals surface area contributed by atoms with Crippen molar-refractivity contribution in [2.75, 3.05) is 20.1 Å². The van der Waals surface area contributed by atoms with Crippen LogP contribution in [0.15, 0.2) is 52.7 Å². The number of nitrogens with zero attached hydrogens (tertiary/aromatic N) is 4. The number of aromatic nitrogens is 1. The lowest BCUT2D eigenvalue weighted by Gasteiger charge is -2.37. The number of likely N-dealkylation sites (tertiary alicyclic amines) is 1. The molecule has 1 amide bonds. The van der Waals surface area contributed by atoms with E-state index in [1.165, 1.54) is 5.56 Å². The highest BCUT2D eigenvalue weighted by molar-refractivity contribution is 5.91. The summed E-state index contributed by atoms with van der Waals surface area (Å²) in [6.07, 6.45) is 11.8. The summed E-state index contributed by atoms with van der Waals surface area (Å²) in [4.78, 5) is 27.7. The van der Waals surface area contributed by atoms with E-state index in [2.05, 4.69) is 46.8 Å². The summed E-state index contributed by atoms with van der Waals surface area (Å²) in [5.74, 6) is 0.923. The molecule has 5 heteroatoms. The molecule has 1 aromatic carbocycles. The Morgan fingerprint density at radius 1 is 1.32 bits per heavy atom. The highest BCUT2D eigenvalue weighted by Gasteiger charge is 2.30. The van der Waals surface area contributed by atoms with E-state index in [4.69, 9.17) is 0 Å². The van der Waals surface area contributed by atoms with Crippen molar-refractivity contribution in [1.29, 1.82) is 0 Å². The lowest BCUT2D eigenvalue weighted by Crippen LogP contribution is -2.42. The first kappa shape index (κ1) is 22.6. The second-order valence-corrected chi connectivity index (χ2v) is 8.25. The fourth-order valence-electron chi connectivity index (χ4n) is 4.49. The second-order valence-electron chi connectivity index (χ2n) is 8.25. The molecule has 0 radical (unpaired) electrons. The number of benzene rings is 1. The third kappa shape index (κ3) is 5.54. The Balaban J connectivity index is 1.83. The SMILES string of the molecule is C=Nc1c(C=NC)ccc([C@@H]2CC(C)CN(C(=O)CCc3cccnc3)C2)c1/C=C\C. The van der Waals surface area contributed by atoms with Gasteiger partial charge in [-0.1, -0.05) is 37.3 Å². The fraction of sp³-hybridized carbons (Fsp3) is 0.385. The van der Waals surface area contributed by atoms with Gasteiger partial charge in [0.05, 0.1) is 5.69 Å². The summed E-state index contributed by atoms with van der Waals surface area (Å²) >= 11 is 0. The molecule has 0 aliphatic carbocycles. The van der Waals surface area contributed by atoms with Gasteiger partial charge in [0.2, 0.25) is 5.91 Å². The molecule has 2 heterocycles. The lowest BCUT2D eigenvalue weighted by molar-refractivity contribution is -0.133. The molecule has 1 saturated heterocycles. The monoisotopic (exact) mass is 416 g/mol. The van der Waals surface area contributed by atoms with Crippen molar-refractivity contribution in [1.82, 2.24) is 9.88 Å². The molecular formula is C26H32N4O. The molecule has 2 aromatic rings. The van der Waals surface area contributed by atoms with Gasteiger partial charge in [0.1, 0.15) is 0 Å². The molecule has 0 saturated carbocycles. The van der Waals surface area contributed by atoms with Gasteiger partial charge in [0.15, 0.2) is 0 Å². The summed E-state index contributed by atoms with van der Waals surface area (Å²) < 4.78 is 0. The van der Waals surface area contributed by atoms with Gasteiger partial charge in [-0.25, -0.2) is 0 Å². The van der Waals surface area contributed by atoms with Crippen LogP contribution in [0, 0.1) is 5.92 Å². The highest BCUT2D eigenvalue weighted by atomic mass is 16.2. The molecule has 1 fully saturated rings. The Labute approximate surface area is 185 Å². The predicted molar refractivity (Wildman–Crippen MR) is 130 cm³/mol. The summed E-state index contributed by atoms with van der Waals surface area (Å²) in [7, 11) is 1.76. The number of carbonyl (C=O) groups excluding carboxylic acids is 1. The number of piperidine rings is 1. The van der Waals surface area contributed by atoms with Crippen LogP contribution in [-0.2, 0) is 11.2 Å². The largest absolute Gasteiger partial charge is 0.342 e. The normalized spacial score (nSPS) is 19.3. The zero-order valence-electron chi connectivity index (χ0n) is 18.8. The molecule has 1 aliphatic rings. The van der Waals surface area contributed by atoms with Crippen LogP contribution in [0.1, 0.15) is 54.9 Å². The summed E-state index contributed by atoms with van der Waals surface area (Å²) in [6.45, 7) is 9.59. The van der Waals surface area contributed by atoms with Gasteiger partial charge in [0, 0.05) is 62.2 Å². The lowest BCUT2D eigenvalue weighted by atomic mass is 9.82. The number of aryl methyl sites for hydroxylation is 1. The minimum absolute atomic E-state index is 0.213. The first-order valence-electron chi connectivity index (χ1n) is 10.9. The molecule has 1 aromatic heterocycles. The van der Waals surface area contributed by atoms with Crippen molar-refractivity contribution in [3.8, 4) is 0 Å². The fourth-order valence-corrected chi connectivity index (χ4v) is 4.49. The quantitative estimate of drug-likeness (QED) is 0.591. The Morgan fingerprint density at radius 3 is 2.84 bits per heavy atom. The zero-order chi connectivity index (χ0) is 22.2. The van der Waals surface area contributed by atoms with Crippen molar-refractivity contribution >= 4 is 30.6 Å². The van der Waals surface area contributed by atoms with E-state index in [9.17, 15) is 4.79 Å². The number of rotatable bonds is 7. The maximum atomic E-state index is 13.0. The van der Waals surface area contributed by atoms with Crippen LogP contribution >= 0.6 is 0 Å². The van der Waals surface area contributed by atoms with Gasteiger partial charge in [-0.2, -0.15) is 0 Å². The average Bonchev–Trinajstić information content (AvgIpc) is 2.78. The minimum Gasteiger partial charge on any atom is -0.342 e. The number of aliphatic imine (C=N–C) groups is 2. The van der Waals surface area contributed by atoms with Crippen LogP contribution in [0.4, 0.5) is 5.69 Å². The Kier molecular flexibility index (Phi) is 7.88. The van der Waals surface area contributed by atoms with Crippen LogP contribution in [0.5, 0.6) is 0 Å². The molecule has 0 spiro atoms. The van der Waals surface area contributed by atoms with E-state index in [-0.39, 0.29) is 11.8 Å². The Morgan fingerprint density at radius 2 is 2.16 bits per heavy atom. The van der Waals surface area contributed by atoms with Gasteiger partial charge in [-0.15, -0.1) is 0 Å². The number of amides is 1. The standard InChI is InChI=1S/C26H32N4O/c1-5-7-24-23(11-10-21(16-27-3)26(24)28-4)22-14-19(2)17-30(18-22)25(31)12-9-20-8-6-13-29-15-20/h5-8,10-11,13,15-16,19,22H,4,9,12,14,17-18H2,1-3H3/b7-5-,27-16?/t19?,22-/m1/s1. The van der Waals surface area contributed by atoms with E-state index < -0.39 is 0 Å². The van der Waals surface area contributed by atoms with E-state index in [0.717, 1.165) is 48.3 Å². The van der Waals surface area contributed by atoms with Crippen LogP contribution in [0.2, 0.25) is 0 Å². The number of hydrogen-bond donors (Lipinski definition) is 0. The van der Waals surface area contributed by atoms with E-state index in [1.54, 1.807) is 13.2 Å². The minimum atomic E-state index is 0.213. The van der Waals surface area contributed by atoms with Crippen LogP contribution in [-0.4, -0.2) is 48.9 Å².